The third-order valence-corrected chi connectivity index (χ3v) is 2.69. The molecule has 17 heavy (non-hydrogen) atoms. The normalized spacial score (nSPS) is 12.6. The first-order valence-electron chi connectivity index (χ1n) is 5.61. The molecule has 2 rings (SSSR count). The van der Waals surface area contributed by atoms with Gasteiger partial charge in [0.05, 0.1) is 6.04 Å². The summed E-state index contributed by atoms with van der Waals surface area (Å²) in [5, 5.41) is 3.28. The van der Waals surface area contributed by atoms with Crippen molar-refractivity contribution >= 4 is 0 Å². The Morgan fingerprint density at radius 2 is 2.41 bits per heavy atom. The number of aryl methyl sites for hydroxylation is 1. The molecule has 5 heteroatoms. The number of nitrogens with one attached hydrogen (secondary N) is 2. The second-order valence-electron chi connectivity index (χ2n) is 3.85. The van der Waals surface area contributed by atoms with E-state index < -0.39 is 0 Å². The number of H-pyrrole nitrogens is 1. The van der Waals surface area contributed by atoms with E-state index in [-0.39, 0.29) is 11.5 Å². The second-order valence-corrected chi connectivity index (χ2v) is 3.85. The van der Waals surface area contributed by atoms with Crippen LogP contribution in [0.1, 0.15) is 24.4 Å². The van der Waals surface area contributed by atoms with Gasteiger partial charge in [-0.3, -0.25) is 4.79 Å². The number of aromatic nitrogens is 3. The highest BCUT2D eigenvalue weighted by molar-refractivity contribution is 5.22. The van der Waals surface area contributed by atoms with E-state index in [1.165, 1.54) is 6.07 Å². The maximum atomic E-state index is 11.8. The molecular formula is C12H16N4O. The SMILES string of the molecule is CCNC(c1c[nH]ccc1=O)c1nccn1C. The maximum Gasteiger partial charge on any atom is 0.186 e. The van der Waals surface area contributed by atoms with Gasteiger partial charge in [0.2, 0.25) is 0 Å². The largest absolute Gasteiger partial charge is 0.367 e. The van der Waals surface area contributed by atoms with Crippen LogP contribution < -0.4 is 10.7 Å². The number of nitrogens with zero attached hydrogens (tertiary/aromatic N) is 2. The van der Waals surface area contributed by atoms with Gasteiger partial charge in [-0.15, -0.1) is 0 Å². The third kappa shape index (κ3) is 2.29. The first kappa shape index (κ1) is 11.6. The molecule has 0 saturated heterocycles. The van der Waals surface area contributed by atoms with Gasteiger partial charge in [0.15, 0.2) is 5.43 Å². The summed E-state index contributed by atoms with van der Waals surface area (Å²) in [6, 6.07) is 1.35. The standard InChI is InChI=1S/C12H16N4O/c1-3-14-11(12-15-6-7-16(12)2)9-8-13-5-4-10(9)17/h4-8,11,14H,3H2,1-2H3,(H,13,17). The van der Waals surface area contributed by atoms with E-state index in [1.807, 2.05) is 24.7 Å². The quantitative estimate of drug-likeness (QED) is 0.820. The second kappa shape index (κ2) is 4.97. The fourth-order valence-electron chi connectivity index (χ4n) is 1.85. The zero-order valence-electron chi connectivity index (χ0n) is 9.97. The van der Waals surface area contributed by atoms with Crippen molar-refractivity contribution in [1.82, 2.24) is 19.9 Å². The molecule has 0 aliphatic rings. The van der Waals surface area contributed by atoms with Gasteiger partial charge in [0, 0.05) is 43.5 Å². The molecular weight excluding hydrogens is 216 g/mol. The van der Waals surface area contributed by atoms with E-state index in [2.05, 4.69) is 15.3 Å². The molecule has 0 amide bonds. The fraction of sp³-hybridized carbons (Fsp3) is 0.333. The van der Waals surface area contributed by atoms with Crippen LogP contribution in [-0.2, 0) is 7.05 Å². The first-order chi connectivity index (χ1) is 8.24. The van der Waals surface area contributed by atoms with E-state index in [1.54, 1.807) is 18.6 Å². The summed E-state index contributed by atoms with van der Waals surface area (Å²) in [6.45, 7) is 2.78. The van der Waals surface area contributed by atoms with Gasteiger partial charge in [0.1, 0.15) is 5.82 Å². The Labute approximate surface area is 99.5 Å². The molecule has 90 valence electrons. The minimum Gasteiger partial charge on any atom is -0.367 e. The van der Waals surface area contributed by atoms with Crippen LogP contribution in [0.5, 0.6) is 0 Å². The average Bonchev–Trinajstić information content (AvgIpc) is 2.74. The van der Waals surface area contributed by atoms with Crippen LogP contribution >= 0.6 is 0 Å². The number of rotatable bonds is 4. The van der Waals surface area contributed by atoms with Crippen molar-refractivity contribution in [2.75, 3.05) is 6.54 Å². The van der Waals surface area contributed by atoms with Gasteiger partial charge in [-0.1, -0.05) is 6.92 Å². The van der Waals surface area contributed by atoms with Gasteiger partial charge in [-0.2, -0.15) is 0 Å². The van der Waals surface area contributed by atoms with Crippen molar-refractivity contribution in [3.05, 3.63) is 52.5 Å². The van der Waals surface area contributed by atoms with E-state index >= 15 is 0 Å². The molecule has 2 heterocycles. The average molecular weight is 232 g/mol. The number of pyridine rings is 1. The van der Waals surface area contributed by atoms with E-state index in [0.717, 1.165) is 12.4 Å². The lowest BCUT2D eigenvalue weighted by atomic mass is 10.1. The van der Waals surface area contributed by atoms with Crippen LogP contribution in [0.3, 0.4) is 0 Å². The van der Waals surface area contributed by atoms with Crippen LogP contribution in [0.15, 0.2) is 35.6 Å². The van der Waals surface area contributed by atoms with Gasteiger partial charge in [-0.05, 0) is 6.54 Å². The van der Waals surface area contributed by atoms with Crippen molar-refractivity contribution in [1.29, 1.82) is 0 Å². The first-order valence-corrected chi connectivity index (χ1v) is 5.61. The van der Waals surface area contributed by atoms with Crippen LogP contribution in [0.25, 0.3) is 0 Å². The molecule has 1 atom stereocenters. The molecule has 0 aromatic carbocycles. The van der Waals surface area contributed by atoms with E-state index in [9.17, 15) is 4.79 Å². The van der Waals surface area contributed by atoms with Crippen molar-refractivity contribution in [2.45, 2.75) is 13.0 Å². The zero-order valence-corrected chi connectivity index (χ0v) is 9.97. The Bertz CT molecular complexity index is 543. The molecule has 1 unspecified atom stereocenters. The minimum atomic E-state index is -0.176. The maximum absolute atomic E-state index is 11.8. The lowest BCUT2D eigenvalue weighted by Gasteiger charge is -2.17. The van der Waals surface area contributed by atoms with Gasteiger partial charge >= 0.3 is 0 Å². The molecule has 2 N–H and O–H groups in total. The van der Waals surface area contributed by atoms with Crippen LogP contribution in [0.4, 0.5) is 0 Å². The lowest BCUT2D eigenvalue weighted by molar-refractivity contribution is 0.573. The highest BCUT2D eigenvalue weighted by Gasteiger charge is 2.19. The topological polar surface area (TPSA) is 62.7 Å². The number of hydrogen-bond donors (Lipinski definition) is 2. The zero-order chi connectivity index (χ0) is 12.3. The molecule has 5 nitrogen and oxygen atoms in total. The Kier molecular flexibility index (Phi) is 3.39. The summed E-state index contributed by atoms with van der Waals surface area (Å²) in [5.74, 6) is 0.837. The molecule has 2 aromatic heterocycles. The summed E-state index contributed by atoms with van der Waals surface area (Å²) in [5.41, 5.74) is 0.696. The molecule has 0 spiro atoms. The smallest absolute Gasteiger partial charge is 0.186 e. The van der Waals surface area contributed by atoms with Crippen molar-refractivity contribution in [3.8, 4) is 0 Å². The Hall–Kier alpha value is -1.88. The van der Waals surface area contributed by atoms with E-state index in [0.29, 0.717) is 5.56 Å². The molecule has 0 aliphatic carbocycles. The Morgan fingerprint density at radius 1 is 1.59 bits per heavy atom. The summed E-state index contributed by atoms with van der Waals surface area (Å²) in [6.07, 6.45) is 6.96. The predicted molar refractivity (Wildman–Crippen MR) is 65.8 cm³/mol. The molecule has 0 saturated carbocycles. The molecule has 0 aliphatic heterocycles. The minimum absolute atomic E-state index is 0.0118. The van der Waals surface area contributed by atoms with Crippen molar-refractivity contribution in [3.63, 3.8) is 0 Å². The van der Waals surface area contributed by atoms with Gasteiger partial charge in [0.25, 0.3) is 0 Å². The van der Waals surface area contributed by atoms with Gasteiger partial charge < -0.3 is 14.9 Å². The summed E-state index contributed by atoms with van der Waals surface area (Å²) < 4.78 is 1.92. The van der Waals surface area contributed by atoms with Crippen LogP contribution in [-0.4, -0.2) is 21.1 Å². The van der Waals surface area contributed by atoms with Crippen molar-refractivity contribution < 1.29 is 0 Å². The monoisotopic (exact) mass is 232 g/mol. The van der Waals surface area contributed by atoms with Crippen LogP contribution in [0, 0.1) is 0 Å². The van der Waals surface area contributed by atoms with Crippen molar-refractivity contribution in [2.24, 2.45) is 7.05 Å². The van der Waals surface area contributed by atoms with Gasteiger partial charge in [-0.25, -0.2) is 4.98 Å². The molecule has 0 fully saturated rings. The van der Waals surface area contributed by atoms with Crippen LogP contribution in [0.2, 0.25) is 0 Å². The predicted octanol–water partition coefficient (Wildman–Crippen LogP) is 0.807. The Morgan fingerprint density at radius 3 is 3.00 bits per heavy atom. The highest BCUT2D eigenvalue weighted by atomic mass is 16.1. The number of hydrogen-bond acceptors (Lipinski definition) is 3. The highest BCUT2D eigenvalue weighted by Crippen LogP contribution is 2.16. The molecule has 0 bridgehead atoms. The summed E-state index contributed by atoms with van der Waals surface area (Å²) >= 11 is 0. The number of aromatic amines is 1. The van der Waals surface area contributed by atoms with E-state index in [4.69, 9.17) is 0 Å². The summed E-state index contributed by atoms with van der Waals surface area (Å²) in [4.78, 5) is 19.1. The Balaban J connectivity index is 2.47. The third-order valence-electron chi connectivity index (χ3n) is 2.69. The summed E-state index contributed by atoms with van der Waals surface area (Å²) in [7, 11) is 1.92. The number of imidazole rings is 1. The molecule has 0 radical (unpaired) electrons. The lowest BCUT2D eigenvalue weighted by Crippen LogP contribution is -2.29. The molecule has 2 aromatic rings. The fourth-order valence-corrected chi connectivity index (χ4v) is 1.85.